The van der Waals surface area contributed by atoms with E-state index in [9.17, 15) is 0 Å². The molecule has 0 unspecified atom stereocenters. The Morgan fingerprint density at radius 3 is 1.48 bits per heavy atom. The van der Waals surface area contributed by atoms with Crippen molar-refractivity contribution in [1.82, 2.24) is 29.8 Å². The van der Waals surface area contributed by atoms with Gasteiger partial charge in [-0.1, -0.05) is 59.1 Å². The van der Waals surface area contributed by atoms with Crippen LogP contribution in [0.25, 0.3) is 11.4 Å². The van der Waals surface area contributed by atoms with Gasteiger partial charge in [-0.3, -0.25) is 0 Å². The summed E-state index contributed by atoms with van der Waals surface area (Å²) in [5.74, 6) is 1.74. The van der Waals surface area contributed by atoms with Crippen molar-refractivity contribution >= 4 is 34.9 Å². The topological polar surface area (TPSA) is 61.4 Å². The molecule has 0 saturated heterocycles. The molecule has 0 aliphatic heterocycles. The van der Waals surface area contributed by atoms with E-state index in [0.29, 0.717) is 0 Å². The molecular formula is C22H18N6S3. The van der Waals surface area contributed by atoms with Gasteiger partial charge in [-0.05, 0) is 47.5 Å². The second-order valence-corrected chi connectivity index (χ2v) is 10.1. The lowest BCUT2D eigenvalue weighted by molar-refractivity contribution is 0.880. The highest BCUT2D eigenvalue weighted by Crippen LogP contribution is 2.32. The van der Waals surface area contributed by atoms with E-state index in [1.54, 1.807) is 47.3 Å². The average molecular weight is 463 g/mol. The van der Waals surface area contributed by atoms with Crippen LogP contribution < -0.4 is 0 Å². The number of rotatable bonds is 8. The molecule has 5 aromatic rings. The Labute approximate surface area is 192 Å². The van der Waals surface area contributed by atoms with Gasteiger partial charge in [-0.2, -0.15) is 10.2 Å². The van der Waals surface area contributed by atoms with Crippen LogP contribution in [0, 0.1) is 0 Å². The molecule has 0 N–H and O–H groups in total. The molecule has 31 heavy (non-hydrogen) atoms. The molecule has 0 amide bonds. The molecule has 3 aromatic heterocycles. The molecule has 0 radical (unpaired) electrons. The van der Waals surface area contributed by atoms with Gasteiger partial charge in [-0.25, -0.2) is 9.36 Å². The number of hydrogen-bond donors (Lipinski definition) is 0. The van der Waals surface area contributed by atoms with Gasteiger partial charge in [0, 0.05) is 36.3 Å². The molecule has 5 rings (SSSR count). The fourth-order valence-corrected chi connectivity index (χ4v) is 5.87. The molecular weight excluding hydrogens is 444 g/mol. The predicted octanol–water partition coefficient (Wildman–Crippen LogP) is 5.49. The highest BCUT2D eigenvalue weighted by atomic mass is 32.2. The molecule has 0 aliphatic carbocycles. The quantitative estimate of drug-likeness (QED) is 0.284. The average Bonchev–Trinajstić information content (AvgIpc) is 3.60. The van der Waals surface area contributed by atoms with Gasteiger partial charge in [0.15, 0.2) is 8.68 Å². The first kappa shape index (κ1) is 20.0. The summed E-state index contributed by atoms with van der Waals surface area (Å²) in [6.45, 7) is 0. The van der Waals surface area contributed by atoms with Crippen LogP contribution in [0.1, 0.15) is 11.1 Å². The second-order valence-electron chi connectivity index (χ2n) is 6.65. The van der Waals surface area contributed by atoms with Crippen molar-refractivity contribution in [2.75, 3.05) is 0 Å². The third kappa shape index (κ3) is 5.07. The van der Waals surface area contributed by atoms with Crippen molar-refractivity contribution in [2.24, 2.45) is 0 Å². The lowest BCUT2D eigenvalue weighted by atomic mass is 10.2. The maximum atomic E-state index is 4.33. The van der Waals surface area contributed by atoms with Gasteiger partial charge >= 0.3 is 0 Å². The Bertz CT molecular complexity index is 1120. The fourth-order valence-electron chi connectivity index (χ4n) is 2.94. The third-order valence-electron chi connectivity index (χ3n) is 4.52. The smallest absolute Gasteiger partial charge is 0.175 e. The highest BCUT2D eigenvalue weighted by molar-refractivity contribution is 8.02. The summed E-state index contributed by atoms with van der Waals surface area (Å²) in [6, 6.07) is 20.7. The third-order valence-corrected chi connectivity index (χ3v) is 7.86. The molecule has 2 aromatic carbocycles. The Kier molecular flexibility index (Phi) is 6.15. The number of benzene rings is 2. The SMILES string of the molecule is c1cnn(-c2ccc(CSc3nnc(SCc4ccc(-n5cccn5)cc4)s3)cc2)c1. The molecule has 0 atom stereocenters. The molecule has 0 aliphatic rings. The largest absolute Gasteiger partial charge is 0.241 e. The van der Waals surface area contributed by atoms with E-state index in [1.165, 1.54) is 11.1 Å². The van der Waals surface area contributed by atoms with E-state index >= 15 is 0 Å². The van der Waals surface area contributed by atoms with Crippen LogP contribution in [-0.2, 0) is 11.5 Å². The maximum Gasteiger partial charge on any atom is 0.175 e. The molecule has 0 fully saturated rings. The van der Waals surface area contributed by atoms with Crippen LogP contribution >= 0.6 is 34.9 Å². The summed E-state index contributed by atoms with van der Waals surface area (Å²) in [5, 5.41) is 17.2. The van der Waals surface area contributed by atoms with E-state index in [0.717, 1.165) is 31.6 Å². The first-order valence-electron chi connectivity index (χ1n) is 9.60. The minimum absolute atomic E-state index is 0.869. The Morgan fingerprint density at radius 2 is 1.10 bits per heavy atom. The van der Waals surface area contributed by atoms with Crippen molar-refractivity contribution in [1.29, 1.82) is 0 Å². The zero-order valence-corrected chi connectivity index (χ0v) is 18.9. The lowest BCUT2D eigenvalue weighted by Gasteiger charge is -2.03. The summed E-state index contributed by atoms with van der Waals surface area (Å²) in [7, 11) is 0. The highest BCUT2D eigenvalue weighted by Gasteiger charge is 2.07. The minimum Gasteiger partial charge on any atom is -0.241 e. The van der Waals surface area contributed by atoms with Crippen molar-refractivity contribution < 1.29 is 0 Å². The van der Waals surface area contributed by atoms with E-state index in [4.69, 9.17) is 0 Å². The molecule has 0 saturated carbocycles. The summed E-state index contributed by atoms with van der Waals surface area (Å²) in [5.41, 5.74) is 4.63. The van der Waals surface area contributed by atoms with E-state index in [-0.39, 0.29) is 0 Å². The van der Waals surface area contributed by atoms with Gasteiger partial charge in [-0.15, -0.1) is 10.2 Å². The summed E-state index contributed by atoms with van der Waals surface area (Å²) in [6.07, 6.45) is 7.45. The summed E-state index contributed by atoms with van der Waals surface area (Å²) in [4.78, 5) is 0. The van der Waals surface area contributed by atoms with Gasteiger partial charge in [0.1, 0.15) is 0 Å². The van der Waals surface area contributed by atoms with Crippen LogP contribution in [0.5, 0.6) is 0 Å². The number of hydrogen-bond acceptors (Lipinski definition) is 7. The Balaban J connectivity index is 1.12. The molecule has 6 nitrogen and oxygen atoms in total. The Morgan fingerprint density at radius 1 is 0.645 bits per heavy atom. The van der Waals surface area contributed by atoms with Crippen molar-refractivity contribution in [3.63, 3.8) is 0 Å². The number of aromatic nitrogens is 6. The van der Waals surface area contributed by atoms with Gasteiger partial charge < -0.3 is 0 Å². The Hall–Kier alpha value is -2.88. The standard InChI is InChI=1S/C22H18N6S3/c1-11-23-27(13-1)19-7-3-17(4-8-19)15-29-21-25-26-22(31-21)30-16-18-5-9-20(10-6-18)28-14-2-12-24-28/h1-14H,15-16H2. The molecule has 0 spiro atoms. The van der Waals surface area contributed by atoms with Gasteiger partial charge in [0.05, 0.1) is 11.4 Å². The first-order valence-corrected chi connectivity index (χ1v) is 12.4. The van der Waals surface area contributed by atoms with Crippen LogP contribution in [0.15, 0.2) is 94.1 Å². The molecule has 3 heterocycles. The minimum atomic E-state index is 0.869. The van der Waals surface area contributed by atoms with Crippen molar-refractivity contribution in [2.45, 2.75) is 20.2 Å². The van der Waals surface area contributed by atoms with Crippen LogP contribution in [-0.4, -0.2) is 29.8 Å². The van der Waals surface area contributed by atoms with Crippen molar-refractivity contribution in [3.05, 3.63) is 96.6 Å². The van der Waals surface area contributed by atoms with Gasteiger partial charge in [0.2, 0.25) is 0 Å². The maximum absolute atomic E-state index is 4.33. The number of nitrogens with zero attached hydrogens (tertiary/aromatic N) is 6. The molecule has 9 heteroatoms. The number of thioether (sulfide) groups is 2. The van der Waals surface area contributed by atoms with E-state index in [2.05, 4.69) is 68.9 Å². The predicted molar refractivity (Wildman–Crippen MR) is 126 cm³/mol. The molecule has 0 bridgehead atoms. The lowest BCUT2D eigenvalue weighted by Crippen LogP contribution is -1.93. The van der Waals surface area contributed by atoms with Crippen LogP contribution in [0.3, 0.4) is 0 Å². The zero-order valence-electron chi connectivity index (χ0n) is 16.4. The van der Waals surface area contributed by atoms with Crippen LogP contribution in [0.2, 0.25) is 0 Å². The summed E-state index contributed by atoms with van der Waals surface area (Å²) >= 11 is 5.09. The van der Waals surface area contributed by atoms with E-state index < -0.39 is 0 Å². The first-order chi connectivity index (χ1) is 15.3. The van der Waals surface area contributed by atoms with Gasteiger partial charge in [0.25, 0.3) is 0 Å². The normalized spacial score (nSPS) is 11.1. The van der Waals surface area contributed by atoms with Crippen molar-refractivity contribution in [3.8, 4) is 11.4 Å². The fraction of sp³-hybridized carbons (Fsp3) is 0.0909. The van der Waals surface area contributed by atoms with E-state index in [1.807, 2.05) is 33.9 Å². The zero-order chi connectivity index (χ0) is 20.9. The molecule has 154 valence electrons. The second kappa shape index (κ2) is 9.51. The summed E-state index contributed by atoms with van der Waals surface area (Å²) < 4.78 is 5.70. The monoisotopic (exact) mass is 462 g/mol. The van der Waals surface area contributed by atoms with Crippen LogP contribution in [0.4, 0.5) is 0 Å².